The van der Waals surface area contributed by atoms with Crippen LogP contribution in [0, 0.1) is 0 Å². The van der Waals surface area contributed by atoms with Crippen LogP contribution >= 0.6 is 0 Å². The number of rotatable bonds is 2. The zero-order valence-electron chi connectivity index (χ0n) is 13.8. The van der Waals surface area contributed by atoms with E-state index in [-0.39, 0.29) is 5.56 Å². The number of imidazole rings is 1. The molecular weight excluding hydrogens is 361 g/mol. The molecule has 0 atom stereocenters. The first-order valence-corrected chi connectivity index (χ1v) is 8.08. The highest BCUT2D eigenvalue weighted by molar-refractivity contribution is 5.89. The van der Waals surface area contributed by atoms with Crippen molar-refractivity contribution in [2.45, 2.75) is 12.7 Å². The quantitative estimate of drug-likeness (QED) is 0.725. The molecule has 1 N–H and O–H groups in total. The van der Waals surface area contributed by atoms with E-state index >= 15 is 0 Å². The van der Waals surface area contributed by atoms with Gasteiger partial charge in [-0.25, -0.2) is 9.78 Å². The highest BCUT2D eigenvalue weighted by Crippen LogP contribution is 2.36. The minimum Gasteiger partial charge on any atom is -0.491 e. The molecule has 0 saturated carbocycles. The molecule has 0 aliphatic carbocycles. The molecule has 1 aliphatic heterocycles. The minimum absolute atomic E-state index is 0.0897. The number of aromatic carboxylic acids is 1. The summed E-state index contributed by atoms with van der Waals surface area (Å²) in [4.78, 5) is 15.6. The summed E-state index contributed by atoms with van der Waals surface area (Å²) in [6.45, 7) is 0.736. The van der Waals surface area contributed by atoms with E-state index in [0.717, 1.165) is 12.1 Å². The van der Waals surface area contributed by atoms with Gasteiger partial charge in [0.05, 0.1) is 28.9 Å². The van der Waals surface area contributed by atoms with Crippen molar-refractivity contribution in [3.05, 3.63) is 59.8 Å². The van der Waals surface area contributed by atoms with Crippen LogP contribution in [-0.2, 0) is 12.7 Å². The third kappa shape index (κ3) is 3.14. The van der Waals surface area contributed by atoms with Gasteiger partial charge in [0.15, 0.2) is 0 Å². The smallest absolute Gasteiger partial charge is 0.416 e. The molecule has 1 aliphatic rings. The Hall–Kier alpha value is -3.29. The van der Waals surface area contributed by atoms with Crippen LogP contribution in [0.25, 0.3) is 22.6 Å². The number of carboxylic acid groups (broad SMARTS) is 1. The van der Waals surface area contributed by atoms with Gasteiger partial charge >= 0.3 is 12.1 Å². The molecule has 0 saturated heterocycles. The van der Waals surface area contributed by atoms with E-state index < -0.39 is 17.7 Å². The second kappa shape index (κ2) is 6.15. The number of carboxylic acids is 1. The van der Waals surface area contributed by atoms with E-state index in [1.807, 2.05) is 0 Å². The molecule has 0 spiro atoms. The van der Waals surface area contributed by atoms with Crippen LogP contribution < -0.4 is 4.74 Å². The summed E-state index contributed by atoms with van der Waals surface area (Å²) in [7, 11) is 0. The van der Waals surface area contributed by atoms with Crippen molar-refractivity contribution in [2.24, 2.45) is 0 Å². The fraction of sp³-hybridized carbons (Fsp3) is 0.158. The van der Waals surface area contributed by atoms with Crippen molar-refractivity contribution in [2.75, 3.05) is 6.61 Å². The summed E-state index contributed by atoms with van der Waals surface area (Å²) >= 11 is 0. The van der Waals surface area contributed by atoms with Crippen LogP contribution in [-0.4, -0.2) is 27.2 Å². The third-order valence-corrected chi connectivity index (χ3v) is 4.32. The lowest BCUT2D eigenvalue weighted by atomic mass is 10.1. The first kappa shape index (κ1) is 17.1. The Morgan fingerprint density at radius 1 is 1.19 bits per heavy atom. The van der Waals surface area contributed by atoms with E-state index in [2.05, 4.69) is 4.98 Å². The second-order valence-electron chi connectivity index (χ2n) is 6.09. The van der Waals surface area contributed by atoms with Crippen LogP contribution in [0.15, 0.2) is 48.7 Å². The Labute approximate surface area is 151 Å². The summed E-state index contributed by atoms with van der Waals surface area (Å²) < 4.78 is 46.3. The number of ether oxygens (including phenoxy) is 1. The summed E-state index contributed by atoms with van der Waals surface area (Å²) in [5, 5.41) is 9.13. The van der Waals surface area contributed by atoms with E-state index in [1.54, 1.807) is 22.9 Å². The molecule has 0 amide bonds. The number of benzene rings is 2. The largest absolute Gasteiger partial charge is 0.491 e. The fourth-order valence-corrected chi connectivity index (χ4v) is 3.01. The van der Waals surface area contributed by atoms with Crippen LogP contribution in [0.1, 0.15) is 15.9 Å². The first-order chi connectivity index (χ1) is 12.8. The van der Waals surface area contributed by atoms with Crippen LogP contribution in [0.4, 0.5) is 13.2 Å². The molecule has 3 aromatic rings. The van der Waals surface area contributed by atoms with Gasteiger partial charge in [0, 0.05) is 11.8 Å². The van der Waals surface area contributed by atoms with Gasteiger partial charge in [-0.1, -0.05) is 12.1 Å². The predicted molar refractivity (Wildman–Crippen MR) is 90.6 cm³/mol. The number of hydrogen-bond donors (Lipinski definition) is 1. The lowest BCUT2D eigenvalue weighted by molar-refractivity contribution is -0.137. The van der Waals surface area contributed by atoms with E-state index in [4.69, 9.17) is 9.84 Å². The Morgan fingerprint density at radius 3 is 2.74 bits per heavy atom. The van der Waals surface area contributed by atoms with Gasteiger partial charge in [-0.15, -0.1) is 0 Å². The Morgan fingerprint density at radius 2 is 2.00 bits per heavy atom. The highest BCUT2D eigenvalue weighted by atomic mass is 19.4. The average molecular weight is 374 g/mol. The van der Waals surface area contributed by atoms with Crippen LogP contribution in [0.2, 0.25) is 0 Å². The number of carbonyl (C=O) groups is 1. The topological polar surface area (TPSA) is 64.3 Å². The average Bonchev–Trinajstić information content (AvgIpc) is 2.97. The molecule has 2 heterocycles. The molecule has 5 nitrogen and oxygen atoms in total. The van der Waals surface area contributed by atoms with E-state index in [9.17, 15) is 18.0 Å². The minimum atomic E-state index is -4.43. The molecular formula is C19H13F3N2O3. The van der Waals surface area contributed by atoms with Gasteiger partial charge in [0.1, 0.15) is 18.2 Å². The normalized spacial score (nSPS) is 13.3. The standard InChI is InChI=1S/C19H13F3N2O3/c20-19(21,22)13-3-1-2-11(8-13)15-10-24-6-7-27-16-9-12(18(25)26)4-5-14(16)17(24)23-15/h1-5,8-10H,6-7H2,(H,25,26). The molecule has 0 unspecified atom stereocenters. The van der Waals surface area contributed by atoms with Gasteiger partial charge in [-0.2, -0.15) is 13.2 Å². The molecule has 4 rings (SSSR count). The lowest BCUT2D eigenvalue weighted by Crippen LogP contribution is -2.05. The molecule has 1 aromatic heterocycles. The maximum absolute atomic E-state index is 13.0. The summed E-state index contributed by atoms with van der Waals surface area (Å²) in [6, 6.07) is 9.46. The zero-order valence-corrected chi connectivity index (χ0v) is 13.8. The Balaban J connectivity index is 1.80. The van der Waals surface area contributed by atoms with E-state index in [1.165, 1.54) is 18.2 Å². The van der Waals surface area contributed by atoms with Crippen molar-refractivity contribution in [3.8, 4) is 28.4 Å². The Kier molecular flexibility index (Phi) is 3.91. The number of alkyl halides is 3. The number of hydrogen-bond acceptors (Lipinski definition) is 3. The van der Waals surface area contributed by atoms with Crippen molar-refractivity contribution in [1.82, 2.24) is 9.55 Å². The number of fused-ring (bicyclic) bond motifs is 3. The first-order valence-electron chi connectivity index (χ1n) is 8.08. The van der Waals surface area contributed by atoms with Crippen LogP contribution in [0.3, 0.4) is 0 Å². The second-order valence-corrected chi connectivity index (χ2v) is 6.09. The van der Waals surface area contributed by atoms with E-state index in [0.29, 0.717) is 41.5 Å². The molecule has 27 heavy (non-hydrogen) atoms. The number of halogens is 3. The van der Waals surface area contributed by atoms with Gasteiger partial charge in [0.2, 0.25) is 0 Å². The van der Waals surface area contributed by atoms with Gasteiger partial charge < -0.3 is 14.4 Å². The molecule has 0 fully saturated rings. The summed E-state index contributed by atoms with van der Waals surface area (Å²) in [5.41, 5.74) is 0.710. The number of aromatic nitrogens is 2. The Bertz CT molecular complexity index is 1040. The highest BCUT2D eigenvalue weighted by Gasteiger charge is 2.30. The van der Waals surface area contributed by atoms with Crippen LogP contribution in [0.5, 0.6) is 5.75 Å². The number of nitrogens with zero attached hydrogens (tertiary/aromatic N) is 2. The summed E-state index contributed by atoms with van der Waals surface area (Å²) in [6.07, 6.45) is -2.76. The summed E-state index contributed by atoms with van der Waals surface area (Å²) in [5.74, 6) is -0.166. The van der Waals surface area contributed by atoms with Crippen molar-refractivity contribution in [3.63, 3.8) is 0 Å². The SMILES string of the molecule is O=C(O)c1ccc2c(c1)OCCn1cc(-c3cccc(C(F)(F)F)c3)nc1-2. The van der Waals surface area contributed by atoms with Crippen molar-refractivity contribution in [1.29, 1.82) is 0 Å². The van der Waals surface area contributed by atoms with Gasteiger partial charge in [-0.3, -0.25) is 0 Å². The third-order valence-electron chi connectivity index (χ3n) is 4.32. The molecule has 0 radical (unpaired) electrons. The molecule has 8 heteroatoms. The van der Waals surface area contributed by atoms with Crippen molar-refractivity contribution < 1.29 is 27.8 Å². The van der Waals surface area contributed by atoms with Gasteiger partial charge in [0.25, 0.3) is 0 Å². The van der Waals surface area contributed by atoms with Crippen molar-refractivity contribution >= 4 is 5.97 Å². The maximum atomic E-state index is 13.0. The predicted octanol–water partition coefficient (Wildman–Crippen LogP) is 4.33. The van der Waals surface area contributed by atoms with Gasteiger partial charge in [-0.05, 0) is 30.3 Å². The monoisotopic (exact) mass is 374 g/mol. The zero-order chi connectivity index (χ0) is 19.2. The maximum Gasteiger partial charge on any atom is 0.416 e. The molecule has 138 valence electrons. The lowest BCUT2D eigenvalue weighted by Gasteiger charge is -2.08. The fourth-order valence-electron chi connectivity index (χ4n) is 3.01. The molecule has 0 bridgehead atoms. The molecule has 2 aromatic carbocycles.